The Kier molecular flexibility index (Phi) is 4.38. The van der Waals surface area contributed by atoms with Gasteiger partial charge in [0.1, 0.15) is 23.0 Å². The fourth-order valence-electron chi connectivity index (χ4n) is 10.0. The Morgan fingerprint density at radius 1 is 0.380 bits per heavy atom. The molecule has 8 aromatic rings. The van der Waals surface area contributed by atoms with E-state index in [4.69, 9.17) is 14.2 Å². The van der Waals surface area contributed by atoms with Gasteiger partial charge in [0.15, 0.2) is 11.5 Å². The summed E-state index contributed by atoms with van der Waals surface area (Å²) in [6.07, 6.45) is 0. The standard InChI is InChI=1S/C45H24BNO3/c1-3-15-33-30(13-1)47(31-14-2-4-16-34(31)48-33)32-24-23-26-22-21-25-9-5-10-27-39(25)40(26)41(32)45(27)28-11-6-17-35-42(28)46-43-29(45)12-7-18-36(43)50-38-20-8-19-37(49-35)44(38)46/h1-24H. The Hall–Kier alpha value is -6.46. The van der Waals surface area contributed by atoms with E-state index in [-0.39, 0.29) is 6.71 Å². The number of nitrogens with zero attached hydrogens (tertiary/aromatic N) is 1. The second kappa shape index (κ2) is 8.57. The van der Waals surface area contributed by atoms with Gasteiger partial charge < -0.3 is 19.1 Å². The first-order chi connectivity index (χ1) is 24.8. The summed E-state index contributed by atoms with van der Waals surface area (Å²) in [6.45, 7) is 0.00197. The van der Waals surface area contributed by atoms with E-state index in [1.807, 2.05) is 18.2 Å². The molecule has 4 heterocycles. The second-order valence-electron chi connectivity index (χ2n) is 13.9. The van der Waals surface area contributed by atoms with Gasteiger partial charge in [0.25, 0.3) is 6.71 Å². The second-order valence-corrected chi connectivity index (χ2v) is 13.9. The van der Waals surface area contributed by atoms with Crippen molar-refractivity contribution >= 4 is 61.7 Å². The van der Waals surface area contributed by atoms with Crippen LogP contribution in [0, 0.1) is 0 Å². The van der Waals surface area contributed by atoms with Gasteiger partial charge in [-0.15, -0.1) is 0 Å². The quantitative estimate of drug-likeness (QED) is 0.133. The molecule has 230 valence electrons. The van der Waals surface area contributed by atoms with Gasteiger partial charge in [-0.1, -0.05) is 91.0 Å². The van der Waals surface area contributed by atoms with Crippen molar-refractivity contribution < 1.29 is 14.2 Å². The number of anilines is 3. The molecular weight excluding hydrogens is 613 g/mol. The molecule has 0 atom stereocenters. The summed E-state index contributed by atoms with van der Waals surface area (Å²) in [7, 11) is 0. The maximum atomic E-state index is 6.81. The normalized spacial score (nSPS) is 15.4. The third-order valence-corrected chi connectivity index (χ3v) is 11.7. The molecule has 0 unspecified atom stereocenters. The predicted molar refractivity (Wildman–Crippen MR) is 199 cm³/mol. The lowest BCUT2D eigenvalue weighted by Crippen LogP contribution is -2.65. The summed E-state index contributed by atoms with van der Waals surface area (Å²) in [6, 6.07) is 52.4. The van der Waals surface area contributed by atoms with E-state index < -0.39 is 5.41 Å². The van der Waals surface area contributed by atoms with Crippen LogP contribution in [0.15, 0.2) is 146 Å². The maximum Gasteiger partial charge on any atom is 0.261 e. The van der Waals surface area contributed by atoms with Crippen molar-refractivity contribution in [3.05, 3.63) is 168 Å². The van der Waals surface area contributed by atoms with Crippen LogP contribution in [0.5, 0.6) is 34.5 Å². The van der Waals surface area contributed by atoms with Crippen molar-refractivity contribution in [2.75, 3.05) is 4.90 Å². The van der Waals surface area contributed by atoms with Gasteiger partial charge >= 0.3 is 0 Å². The highest BCUT2D eigenvalue weighted by atomic mass is 16.5. The average Bonchev–Trinajstić information content (AvgIpc) is 3.47. The van der Waals surface area contributed by atoms with Crippen LogP contribution in [-0.2, 0) is 5.41 Å². The molecule has 0 saturated heterocycles. The summed E-state index contributed by atoms with van der Waals surface area (Å²) in [4.78, 5) is 2.42. The molecule has 1 aliphatic carbocycles. The third-order valence-electron chi connectivity index (χ3n) is 11.7. The minimum atomic E-state index is -0.663. The van der Waals surface area contributed by atoms with Crippen molar-refractivity contribution in [2.24, 2.45) is 0 Å². The Balaban J connectivity index is 1.25. The number of fused-ring (bicyclic) bond motifs is 6. The zero-order valence-electron chi connectivity index (χ0n) is 26.6. The molecule has 0 bridgehead atoms. The van der Waals surface area contributed by atoms with E-state index in [0.717, 1.165) is 57.0 Å². The highest BCUT2D eigenvalue weighted by molar-refractivity contribution is 6.99. The lowest BCUT2D eigenvalue weighted by atomic mass is 9.29. The molecule has 13 rings (SSSR count). The highest BCUT2D eigenvalue weighted by Gasteiger charge is 2.57. The Morgan fingerprint density at radius 2 is 0.860 bits per heavy atom. The maximum absolute atomic E-state index is 6.81. The fourth-order valence-corrected chi connectivity index (χ4v) is 10.0. The van der Waals surface area contributed by atoms with Crippen molar-refractivity contribution in [3.8, 4) is 34.5 Å². The van der Waals surface area contributed by atoms with Gasteiger partial charge in [-0.3, -0.25) is 0 Å². The number of benzene rings is 8. The molecule has 8 aromatic carbocycles. The summed E-state index contributed by atoms with van der Waals surface area (Å²) in [5.41, 5.74) is 11.2. The first kappa shape index (κ1) is 25.5. The molecule has 5 aliphatic rings. The van der Waals surface area contributed by atoms with Crippen molar-refractivity contribution in [2.45, 2.75) is 5.41 Å². The monoisotopic (exact) mass is 637 g/mol. The first-order valence-electron chi connectivity index (χ1n) is 17.2. The Morgan fingerprint density at radius 3 is 1.52 bits per heavy atom. The number of hydrogen-bond donors (Lipinski definition) is 0. The summed E-state index contributed by atoms with van der Waals surface area (Å²) < 4.78 is 20.2. The van der Waals surface area contributed by atoms with Gasteiger partial charge in [0.2, 0.25) is 0 Å². The summed E-state index contributed by atoms with van der Waals surface area (Å²) in [5, 5.41) is 5.07. The number of para-hydroxylation sites is 4. The van der Waals surface area contributed by atoms with E-state index in [1.54, 1.807) is 0 Å². The van der Waals surface area contributed by atoms with Gasteiger partial charge in [0, 0.05) is 11.0 Å². The number of ether oxygens (including phenoxy) is 3. The van der Waals surface area contributed by atoms with E-state index in [1.165, 1.54) is 54.7 Å². The van der Waals surface area contributed by atoms with Crippen LogP contribution >= 0.6 is 0 Å². The Labute approximate surface area is 287 Å². The van der Waals surface area contributed by atoms with Crippen molar-refractivity contribution in [3.63, 3.8) is 0 Å². The Bertz CT molecular complexity index is 2770. The lowest BCUT2D eigenvalue weighted by molar-refractivity contribution is 0.461. The minimum absolute atomic E-state index is 0.00197. The molecule has 4 aliphatic heterocycles. The molecule has 0 fully saturated rings. The fraction of sp³-hybridized carbons (Fsp3) is 0.0222. The van der Waals surface area contributed by atoms with Crippen LogP contribution < -0.4 is 35.5 Å². The highest BCUT2D eigenvalue weighted by Crippen LogP contribution is 2.62. The number of hydrogen-bond acceptors (Lipinski definition) is 4. The molecule has 0 N–H and O–H groups in total. The van der Waals surface area contributed by atoms with Crippen LogP contribution in [0.3, 0.4) is 0 Å². The SMILES string of the molecule is c1ccc2c(c1)Oc1ccccc1N2c1ccc2ccc3cccc4c3c2c1C41c2cccc3c2B2c4c(cccc4Oc4cccc1c42)O3. The molecular formula is C45H24BNO3. The zero-order chi connectivity index (χ0) is 32.3. The molecule has 4 nitrogen and oxygen atoms in total. The van der Waals surface area contributed by atoms with Crippen LogP contribution in [0.4, 0.5) is 17.1 Å². The van der Waals surface area contributed by atoms with Crippen LogP contribution in [0.1, 0.15) is 22.3 Å². The molecule has 50 heavy (non-hydrogen) atoms. The van der Waals surface area contributed by atoms with E-state index in [9.17, 15) is 0 Å². The molecule has 0 radical (unpaired) electrons. The van der Waals surface area contributed by atoms with E-state index in [0.29, 0.717) is 0 Å². The van der Waals surface area contributed by atoms with Gasteiger partial charge in [-0.25, -0.2) is 0 Å². The van der Waals surface area contributed by atoms with Crippen molar-refractivity contribution in [1.82, 2.24) is 0 Å². The van der Waals surface area contributed by atoms with E-state index in [2.05, 4.69) is 132 Å². The predicted octanol–water partition coefficient (Wildman–Crippen LogP) is 9.31. The smallest absolute Gasteiger partial charge is 0.261 e. The number of rotatable bonds is 1. The topological polar surface area (TPSA) is 30.9 Å². The zero-order valence-corrected chi connectivity index (χ0v) is 26.6. The van der Waals surface area contributed by atoms with Crippen molar-refractivity contribution in [1.29, 1.82) is 0 Å². The van der Waals surface area contributed by atoms with E-state index >= 15 is 0 Å². The molecule has 0 saturated carbocycles. The lowest BCUT2D eigenvalue weighted by Gasteiger charge is -2.47. The van der Waals surface area contributed by atoms with Gasteiger partial charge in [0.05, 0.1) is 22.5 Å². The molecule has 5 heteroatoms. The van der Waals surface area contributed by atoms with Crippen LogP contribution in [0.2, 0.25) is 0 Å². The summed E-state index contributed by atoms with van der Waals surface area (Å²) >= 11 is 0. The first-order valence-corrected chi connectivity index (χ1v) is 17.2. The van der Waals surface area contributed by atoms with Gasteiger partial charge in [-0.05, 0) is 104 Å². The molecule has 0 aromatic heterocycles. The molecule has 0 amide bonds. The van der Waals surface area contributed by atoms with Crippen LogP contribution in [-0.4, -0.2) is 6.71 Å². The van der Waals surface area contributed by atoms with Gasteiger partial charge in [-0.2, -0.15) is 0 Å². The largest absolute Gasteiger partial charge is 0.458 e. The summed E-state index contributed by atoms with van der Waals surface area (Å²) in [5.74, 6) is 5.25. The average molecular weight is 638 g/mol. The minimum Gasteiger partial charge on any atom is -0.458 e. The third kappa shape index (κ3) is 2.75. The molecule has 1 spiro atoms. The van der Waals surface area contributed by atoms with Crippen LogP contribution in [0.25, 0.3) is 21.5 Å².